The second-order valence-corrected chi connectivity index (χ2v) is 7.07. The number of aryl methyl sites for hydroxylation is 1. The van der Waals surface area contributed by atoms with Crippen LogP contribution in [0.25, 0.3) is 11.5 Å². The standard InChI is InChI=1S/C20H20N6OS/c1-15-5-2-3-7-17(15)19-23-26(20(28)27-19)14-24-9-11-25(12-10-24)18-16(13-21)6-4-8-22-18/h2-8H,9-12,14H2,1H3. The van der Waals surface area contributed by atoms with Gasteiger partial charge >= 0.3 is 0 Å². The SMILES string of the molecule is Cc1ccccc1-c1nn(CN2CCN(c3ncccc3C#N)CC2)c(=S)o1. The molecule has 0 saturated carbocycles. The van der Waals surface area contributed by atoms with Crippen molar-refractivity contribution in [3.05, 3.63) is 58.6 Å². The van der Waals surface area contributed by atoms with Crippen LogP contribution < -0.4 is 4.90 Å². The Morgan fingerprint density at radius 1 is 1.14 bits per heavy atom. The summed E-state index contributed by atoms with van der Waals surface area (Å²) in [5.41, 5.74) is 2.66. The number of aromatic nitrogens is 3. The highest BCUT2D eigenvalue weighted by molar-refractivity contribution is 7.71. The normalized spacial score (nSPS) is 14.8. The largest absolute Gasteiger partial charge is 0.409 e. The number of hydrogen-bond donors (Lipinski definition) is 0. The fourth-order valence-corrected chi connectivity index (χ4v) is 3.52. The van der Waals surface area contributed by atoms with Gasteiger partial charge in [0.15, 0.2) is 0 Å². The van der Waals surface area contributed by atoms with E-state index < -0.39 is 0 Å². The molecule has 28 heavy (non-hydrogen) atoms. The molecule has 0 unspecified atom stereocenters. The highest BCUT2D eigenvalue weighted by Gasteiger charge is 2.21. The average Bonchev–Trinajstić information content (AvgIpc) is 3.09. The van der Waals surface area contributed by atoms with E-state index in [9.17, 15) is 5.26 Å². The number of rotatable bonds is 4. The van der Waals surface area contributed by atoms with E-state index in [1.54, 1.807) is 23.0 Å². The molecule has 0 aliphatic carbocycles. The molecular weight excluding hydrogens is 372 g/mol. The van der Waals surface area contributed by atoms with Gasteiger partial charge in [-0.1, -0.05) is 18.2 Å². The van der Waals surface area contributed by atoms with E-state index in [-0.39, 0.29) is 0 Å². The molecule has 1 fully saturated rings. The summed E-state index contributed by atoms with van der Waals surface area (Å²) < 4.78 is 7.46. The first kappa shape index (κ1) is 18.3. The lowest BCUT2D eigenvalue weighted by Gasteiger charge is -2.35. The Kier molecular flexibility index (Phi) is 5.19. The molecule has 0 amide bonds. The molecule has 0 spiro atoms. The Hall–Kier alpha value is -3.02. The molecule has 1 saturated heterocycles. The predicted molar refractivity (Wildman–Crippen MR) is 108 cm³/mol. The summed E-state index contributed by atoms with van der Waals surface area (Å²) in [4.78, 5) is 9.17. The molecule has 1 aliphatic heterocycles. The van der Waals surface area contributed by atoms with Crippen molar-refractivity contribution in [2.75, 3.05) is 31.1 Å². The number of anilines is 1. The van der Waals surface area contributed by atoms with Crippen molar-refractivity contribution >= 4 is 18.0 Å². The fourth-order valence-electron chi connectivity index (χ4n) is 3.34. The second kappa shape index (κ2) is 7.92. The van der Waals surface area contributed by atoms with Gasteiger partial charge in [0.1, 0.15) is 11.9 Å². The third kappa shape index (κ3) is 3.67. The third-order valence-corrected chi connectivity index (χ3v) is 5.19. The van der Waals surface area contributed by atoms with Crippen LogP contribution in [0.15, 0.2) is 47.0 Å². The first-order valence-electron chi connectivity index (χ1n) is 9.12. The predicted octanol–water partition coefficient (Wildman–Crippen LogP) is 3.23. The van der Waals surface area contributed by atoms with Gasteiger partial charge in [-0.05, 0) is 42.9 Å². The van der Waals surface area contributed by atoms with Crippen molar-refractivity contribution < 1.29 is 4.42 Å². The van der Waals surface area contributed by atoms with Crippen LogP contribution in [0.5, 0.6) is 0 Å². The van der Waals surface area contributed by atoms with Crippen LogP contribution in [0.3, 0.4) is 0 Å². The average molecular weight is 392 g/mol. The molecular formula is C20H20N6OS. The quantitative estimate of drug-likeness (QED) is 0.631. The zero-order chi connectivity index (χ0) is 19.5. The Bertz CT molecular complexity index is 1070. The molecule has 0 radical (unpaired) electrons. The van der Waals surface area contributed by atoms with Crippen LogP contribution in [0.2, 0.25) is 0 Å². The molecule has 1 aliphatic rings. The molecule has 0 bridgehead atoms. The number of pyridine rings is 1. The highest BCUT2D eigenvalue weighted by atomic mass is 32.1. The van der Waals surface area contributed by atoms with Gasteiger partial charge in [0.25, 0.3) is 4.84 Å². The second-order valence-electron chi connectivity index (χ2n) is 6.72. The first-order chi connectivity index (χ1) is 13.7. The highest BCUT2D eigenvalue weighted by Crippen LogP contribution is 2.22. The van der Waals surface area contributed by atoms with E-state index in [1.165, 1.54) is 0 Å². The Labute approximate surface area is 168 Å². The van der Waals surface area contributed by atoms with Crippen molar-refractivity contribution in [3.8, 4) is 17.5 Å². The molecule has 3 aromatic rings. The minimum atomic E-state index is 0.372. The Morgan fingerprint density at radius 3 is 2.68 bits per heavy atom. The first-order valence-corrected chi connectivity index (χ1v) is 9.53. The van der Waals surface area contributed by atoms with E-state index in [1.807, 2.05) is 31.2 Å². The van der Waals surface area contributed by atoms with E-state index in [0.717, 1.165) is 43.1 Å². The van der Waals surface area contributed by atoms with Crippen LogP contribution >= 0.6 is 12.2 Å². The molecule has 7 nitrogen and oxygen atoms in total. The minimum Gasteiger partial charge on any atom is -0.409 e. The topological polar surface area (TPSA) is 74.1 Å². The van der Waals surface area contributed by atoms with Gasteiger partial charge < -0.3 is 9.32 Å². The van der Waals surface area contributed by atoms with E-state index in [2.05, 4.69) is 26.0 Å². The summed E-state index contributed by atoms with van der Waals surface area (Å²) in [6.45, 7) is 5.85. The summed E-state index contributed by atoms with van der Waals surface area (Å²) in [5.74, 6) is 1.30. The van der Waals surface area contributed by atoms with Crippen LogP contribution in [-0.4, -0.2) is 45.8 Å². The zero-order valence-electron chi connectivity index (χ0n) is 15.6. The fraction of sp³-hybridized carbons (Fsp3) is 0.300. The van der Waals surface area contributed by atoms with Crippen LogP contribution in [0.1, 0.15) is 11.1 Å². The maximum atomic E-state index is 9.28. The third-order valence-electron chi connectivity index (χ3n) is 4.89. The lowest BCUT2D eigenvalue weighted by molar-refractivity contribution is 0.192. The van der Waals surface area contributed by atoms with E-state index in [0.29, 0.717) is 23.0 Å². The summed E-state index contributed by atoms with van der Waals surface area (Å²) >= 11 is 5.37. The van der Waals surface area contributed by atoms with Gasteiger partial charge in [0, 0.05) is 37.9 Å². The number of hydrogen-bond acceptors (Lipinski definition) is 7. The zero-order valence-corrected chi connectivity index (χ0v) is 16.4. The number of nitriles is 1. The van der Waals surface area contributed by atoms with Gasteiger partial charge in [0.2, 0.25) is 5.89 Å². The number of nitrogens with zero attached hydrogens (tertiary/aromatic N) is 6. The maximum Gasteiger partial charge on any atom is 0.288 e. The van der Waals surface area contributed by atoms with Crippen LogP contribution in [0.4, 0.5) is 5.82 Å². The lowest BCUT2D eigenvalue weighted by atomic mass is 10.1. The van der Waals surface area contributed by atoms with Crippen LogP contribution in [0, 0.1) is 23.1 Å². The van der Waals surface area contributed by atoms with Gasteiger partial charge in [0.05, 0.1) is 12.2 Å². The Morgan fingerprint density at radius 2 is 1.93 bits per heavy atom. The maximum absolute atomic E-state index is 9.28. The van der Waals surface area contributed by atoms with Crippen molar-refractivity contribution in [2.24, 2.45) is 0 Å². The van der Waals surface area contributed by atoms with Gasteiger partial charge in [-0.2, -0.15) is 5.26 Å². The summed E-state index contributed by atoms with van der Waals surface area (Å²) in [5, 5.41) is 13.9. The summed E-state index contributed by atoms with van der Waals surface area (Å²) in [6, 6.07) is 13.8. The number of piperazine rings is 1. The van der Waals surface area contributed by atoms with Gasteiger partial charge in [-0.3, -0.25) is 4.90 Å². The molecule has 8 heteroatoms. The van der Waals surface area contributed by atoms with Gasteiger partial charge in [-0.25, -0.2) is 9.67 Å². The minimum absolute atomic E-state index is 0.372. The van der Waals surface area contributed by atoms with Crippen molar-refractivity contribution in [3.63, 3.8) is 0 Å². The smallest absolute Gasteiger partial charge is 0.288 e. The molecule has 142 valence electrons. The monoisotopic (exact) mass is 392 g/mol. The molecule has 0 atom stereocenters. The molecule has 3 heterocycles. The van der Waals surface area contributed by atoms with Crippen LogP contribution in [-0.2, 0) is 6.67 Å². The molecule has 4 rings (SSSR count). The molecule has 2 aromatic heterocycles. The Balaban J connectivity index is 1.44. The van der Waals surface area contributed by atoms with Crippen molar-refractivity contribution in [1.82, 2.24) is 19.7 Å². The summed E-state index contributed by atoms with van der Waals surface area (Å²) in [7, 11) is 0. The summed E-state index contributed by atoms with van der Waals surface area (Å²) in [6.07, 6.45) is 1.73. The van der Waals surface area contributed by atoms with Crippen molar-refractivity contribution in [1.29, 1.82) is 5.26 Å². The molecule has 1 aromatic carbocycles. The lowest BCUT2D eigenvalue weighted by Crippen LogP contribution is -2.47. The van der Waals surface area contributed by atoms with Crippen molar-refractivity contribution in [2.45, 2.75) is 13.6 Å². The van der Waals surface area contributed by atoms with Gasteiger partial charge in [-0.15, -0.1) is 5.10 Å². The van der Waals surface area contributed by atoms with E-state index in [4.69, 9.17) is 16.6 Å². The van der Waals surface area contributed by atoms with E-state index >= 15 is 0 Å². The molecule has 0 N–H and O–H groups in total. The number of benzene rings is 1.